The van der Waals surface area contributed by atoms with E-state index >= 15 is 0 Å². The Morgan fingerprint density at radius 1 is 0.667 bits per heavy atom. The Kier molecular flexibility index (Phi) is 4.80. The second-order valence-electron chi connectivity index (χ2n) is 6.25. The van der Waals surface area contributed by atoms with Gasteiger partial charge in [-0.15, -0.1) is 0 Å². The molecule has 2 heteroatoms. The second-order valence-corrected chi connectivity index (χ2v) is 6.25. The van der Waals surface area contributed by atoms with Crippen LogP contribution in [0, 0.1) is 0 Å². The van der Waals surface area contributed by atoms with Gasteiger partial charge < -0.3 is 4.74 Å². The van der Waals surface area contributed by atoms with Crippen molar-refractivity contribution in [2.24, 2.45) is 0 Å². The van der Waals surface area contributed by atoms with Gasteiger partial charge in [0.2, 0.25) is 0 Å². The van der Waals surface area contributed by atoms with Crippen molar-refractivity contribution in [1.29, 1.82) is 0 Å². The Balaban J connectivity index is 1.71. The average Bonchev–Trinajstić information content (AvgIpc) is 2.74. The number of allylic oxidation sites excluding steroid dienone is 10. The van der Waals surface area contributed by atoms with E-state index in [0.29, 0.717) is 0 Å². The number of hydrogen-bond donors (Lipinski definition) is 0. The van der Waals surface area contributed by atoms with Crippen LogP contribution in [0.25, 0.3) is 11.3 Å². The monoisotopic (exact) mass is 350 g/mol. The Morgan fingerprint density at radius 2 is 1.30 bits per heavy atom. The molecular weight excluding hydrogens is 332 g/mol. The van der Waals surface area contributed by atoms with E-state index in [1.54, 1.807) is 24.3 Å². The van der Waals surface area contributed by atoms with Gasteiger partial charge >= 0.3 is 0 Å². The molecular formula is C25H18O2. The van der Waals surface area contributed by atoms with Gasteiger partial charge in [-0.25, -0.2) is 0 Å². The van der Waals surface area contributed by atoms with Crippen molar-refractivity contribution in [1.82, 2.24) is 0 Å². The molecule has 0 radical (unpaired) electrons. The summed E-state index contributed by atoms with van der Waals surface area (Å²) in [6, 6.07) is 20.3. The average molecular weight is 350 g/mol. The lowest BCUT2D eigenvalue weighted by Gasteiger charge is -2.18. The van der Waals surface area contributed by atoms with Crippen molar-refractivity contribution in [2.45, 2.75) is 0 Å². The lowest BCUT2D eigenvalue weighted by molar-refractivity contribution is -0.110. The van der Waals surface area contributed by atoms with Gasteiger partial charge in [0, 0.05) is 5.56 Å². The molecule has 0 saturated heterocycles. The van der Waals surface area contributed by atoms with Crippen LogP contribution >= 0.6 is 0 Å². The summed E-state index contributed by atoms with van der Waals surface area (Å²) in [5, 5.41) is 0. The van der Waals surface area contributed by atoms with Gasteiger partial charge in [0.15, 0.2) is 5.78 Å². The van der Waals surface area contributed by atoms with Crippen LogP contribution in [0.5, 0.6) is 0 Å². The van der Waals surface area contributed by atoms with Crippen LogP contribution in [0.2, 0.25) is 0 Å². The highest BCUT2D eigenvalue weighted by molar-refractivity contribution is 6.01. The normalized spacial score (nSPS) is 17.4. The Bertz CT molecular complexity index is 1010. The number of hydrogen-bond acceptors (Lipinski definition) is 2. The summed E-state index contributed by atoms with van der Waals surface area (Å²) >= 11 is 0. The first-order valence-corrected chi connectivity index (χ1v) is 8.82. The minimum atomic E-state index is 0.00859. The fourth-order valence-corrected chi connectivity index (χ4v) is 2.90. The van der Waals surface area contributed by atoms with E-state index in [9.17, 15) is 4.79 Å². The Labute approximate surface area is 158 Å². The maximum absolute atomic E-state index is 11.3. The topological polar surface area (TPSA) is 26.3 Å². The summed E-state index contributed by atoms with van der Waals surface area (Å²) in [6.07, 6.45) is 14.7. The first-order chi connectivity index (χ1) is 13.3. The van der Waals surface area contributed by atoms with Gasteiger partial charge in [-0.2, -0.15) is 0 Å². The molecule has 27 heavy (non-hydrogen) atoms. The predicted octanol–water partition coefficient (Wildman–Crippen LogP) is 5.65. The van der Waals surface area contributed by atoms with E-state index in [1.807, 2.05) is 66.8 Å². The number of rotatable bonds is 3. The number of ketones is 1. The molecule has 1 aliphatic carbocycles. The van der Waals surface area contributed by atoms with Crippen LogP contribution in [-0.4, -0.2) is 5.78 Å². The summed E-state index contributed by atoms with van der Waals surface area (Å²) < 4.78 is 6.12. The second kappa shape index (κ2) is 7.71. The molecule has 1 heterocycles. The number of carbonyl (C=O) groups excluding carboxylic acids is 1. The van der Waals surface area contributed by atoms with Crippen molar-refractivity contribution in [3.63, 3.8) is 0 Å². The Hall–Kier alpha value is -3.65. The van der Waals surface area contributed by atoms with Gasteiger partial charge in [-0.3, -0.25) is 4.79 Å². The highest BCUT2D eigenvalue weighted by atomic mass is 16.5. The molecule has 2 nitrogen and oxygen atoms in total. The quantitative estimate of drug-likeness (QED) is 0.715. The third-order valence-corrected chi connectivity index (χ3v) is 4.30. The smallest absolute Gasteiger partial charge is 0.178 e. The molecule has 0 amide bonds. The minimum absolute atomic E-state index is 0.00859. The van der Waals surface area contributed by atoms with Crippen LogP contribution < -0.4 is 0 Å². The lowest BCUT2D eigenvalue weighted by Crippen LogP contribution is -1.99. The maximum Gasteiger partial charge on any atom is 0.178 e. The van der Waals surface area contributed by atoms with Crippen LogP contribution in [0.1, 0.15) is 11.1 Å². The molecule has 0 bridgehead atoms. The predicted molar refractivity (Wildman–Crippen MR) is 109 cm³/mol. The molecule has 130 valence electrons. The van der Waals surface area contributed by atoms with Crippen LogP contribution in [0.4, 0.5) is 0 Å². The van der Waals surface area contributed by atoms with E-state index in [-0.39, 0.29) is 5.78 Å². The first-order valence-electron chi connectivity index (χ1n) is 8.82. The molecule has 0 fully saturated rings. The van der Waals surface area contributed by atoms with E-state index in [2.05, 4.69) is 18.2 Å². The molecule has 0 unspecified atom stereocenters. The molecule has 2 aromatic carbocycles. The fourth-order valence-electron chi connectivity index (χ4n) is 2.90. The highest BCUT2D eigenvalue weighted by Crippen LogP contribution is 2.31. The third-order valence-electron chi connectivity index (χ3n) is 4.30. The van der Waals surface area contributed by atoms with Crippen molar-refractivity contribution in [2.75, 3.05) is 0 Å². The van der Waals surface area contributed by atoms with Crippen LogP contribution in [0.3, 0.4) is 0 Å². The molecule has 4 rings (SSSR count). The SMILES string of the molecule is O=C1C=CC(=C/C=C2\C=C(c3ccccc3)C=C(c3ccccc3)O2)C=C1. The van der Waals surface area contributed by atoms with Crippen LogP contribution in [-0.2, 0) is 9.53 Å². The molecule has 0 atom stereocenters. The number of carbonyl (C=O) groups is 1. The summed E-state index contributed by atoms with van der Waals surface area (Å²) in [7, 11) is 0. The zero-order valence-electron chi connectivity index (χ0n) is 14.7. The van der Waals surface area contributed by atoms with Crippen molar-refractivity contribution in [3.8, 4) is 0 Å². The van der Waals surface area contributed by atoms with Gasteiger partial charge in [0.25, 0.3) is 0 Å². The maximum atomic E-state index is 11.3. The Morgan fingerprint density at radius 3 is 1.96 bits per heavy atom. The summed E-state index contributed by atoms with van der Waals surface area (Å²) in [5.41, 5.74) is 4.21. The van der Waals surface area contributed by atoms with Gasteiger partial charge in [0.05, 0.1) is 0 Å². The third kappa shape index (κ3) is 4.13. The minimum Gasteiger partial charge on any atom is -0.457 e. The molecule has 0 N–H and O–H groups in total. The van der Waals surface area contributed by atoms with E-state index in [4.69, 9.17) is 4.74 Å². The number of ether oxygens (including phenoxy) is 1. The van der Waals surface area contributed by atoms with Gasteiger partial charge in [-0.05, 0) is 47.1 Å². The lowest BCUT2D eigenvalue weighted by atomic mass is 10.0. The molecule has 0 saturated carbocycles. The van der Waals surface area contributed by atoms with Crippen molar-refractivity contribution in [3.05, 3.63) is 132 Å². The van der Waals surface area contributed by atoms with E-state index < -0.39 is 0 Å². The van der Waals surface area contributed by atoms with Crippen LogP contribution in [0.15, 0.2) is 121 Å². The standard InChI is InChI=1S/C25H18O2/c26-23-14-11-19(12-15-23)13-16-24-17-22(20-7-3-1-4-8-20)18-25(27-24)21-9-5-2-6-10-21/h1-18H/b24-16+. The molecule has 2 aliphatic rings. The van der Waals surface area contributed by atoms with Crippen molar-refractivity contribution < 1.29 is 9.53 Å². The number of benzene rings is 2. The highest BCUT2D eigenvalue weighted by Gasteiger charge is 2.13. The zero-order chi connectivity index (χ0) is 18.5. The molecule has 2 aromatic rings. The van der Waals surface area contributed by atoms with E-state index in [1.165, 1.54) is 0 Å². The summed E-state index contributed by atoms with van der Waals surface area (Å²) in [4.78, 5) is 11.3. The summed E-state index contributed by atoms with van der Waals surface area (Å²) in [6.45, 7) is 0. The zero-order valence-corrected chi connectivity index (χ0v) is 14.7. The molecule has 0 spiro atoms. The molecule has 1 aliphatic heterocycles. The fraction of sp³-hybridized carbons (Fsp3) is 0. The largest absolute Gasteiger partial charge is 0.457 e. The first kappa shape index (κ1) is 16.8. The summed E-state index contributed by atoms with van der Waals surface area (Å²) in [5.74, 6) is 1.57. The van der Waals surface area contributed by atoms with Crippen molar-refractivity contribution >= 4 is 17.1 Å². The van der Waals surface area contributed by atoms with Gasteiger partial charge in [0.1, 0.15) is 11.5 Å². The molecule has 0 aromatic heterocycles. The van der Waals surface area contributed by atoms with Gasteiger partial charge in [-0.1, -0.05) is 78.9 Å². The van der Waals surface area contributed by atoms with E-state index in [0.717, 1.165) is 33.8 Å².